The molecule has 0 spiro atoms. The Balaban J connectivity index is 1.95. The van der Waals surface area contributed by atoms with Gasteiger partial charge in [-0.1, -0.05) is 29.3 Å². The van der Waals surface area contributed by atoms with Crippen LogP contribution >= 0.6 is 23.2 Å². The summed E-state index contributed by atoms with van der Waals surface area (Å²) in [5.74, 6) is -0.291. The minimum absolute atomic E-state index is 0.0230. The van der Waals surface area contributed by atoms with Gasteiger partial charge in [-0.15, -0.1) is 0 Å². The number of amides is 2. The number of halogens is 2. The first kappa shape index (κ1) is 26.9. The standard InChI is InChI=1S/C23H27Cl2N3O6S/c1-4-26-23(30)15(3)27(12-16-6-8-18(24)19(25)10-16)22(29)13-28(35(31,32)5-2)17-7-9-20-21(11-17)34-14-33-20/h6-11,15H,4-5,12-14H2,1-3H3,(H,26,30). The van der Waals surface area contributed by atoms with Crippen LogP contribution in [0.3, 0.4) is 0 Å². The van der Waals surface area contributed by atoms with E-state index in [4.69, 9.17) is 32.7 Å². The molecule has 3 rings (SSSR count). The number of hydrogen-bond acceptors (Lipinski definition) is 6. The molecule has 2 aromatic rings. The lowest BCUT2D eigenvalue weighted by Crippen LogP contribution is -2.51. The molecule has 0 radical (unpaired) electrons. The first-order chi connectivity index (χ1) is 16.6. The zero-order valence-electron chi connectivity index (χ0n) is 19.6. The summed E-state index contributed by atoms with van der Waals surface area (Å²) < 4.78 is 37.6. The lowest BCUT2D eigenvalue weighted by molar-refractivity contribution is -0.139. The number of rotatable bonds is 10. The highest BCUT2D eigenvalue weighted by Gasteiger charge is 2.31. The number of carbonyl (C=O) groups excluding carboxylic acids is 2. The molecule has 1 unspecified atom stereocenters. The summed E-state index contributed by atoms with van der Waals surface area (Å²) >= 11 is 12.1. The zero-order chi connectivity index (χ0) is 25.8. The number of hydrogen-bond donors (Lipinski definition) is 1. The van der Waals surface area contributed by atoms with Gasteiger partial charge in [-0.3, -0.25) is 13.9 Å². The molecule has 190 valence electrons. The number of ether oxygens (including phenoxy) is 2. The van der Waals surface area contributed by atoms with E-state index >= 15 is 0 Å². The summed E-state index contributed by atoms with van der Waals surface area (Å²) in [7, 11) is -3.85. The van der Waals surface area contributed by atoms with Crippen LogP contribution in [0.25, 0.3) is 0 Å². The Morgan fingerprint density at radius 2 is 1.77 bits per heavy atom. The monoisotopic (exact) mass is 543 g/mol. The number of carbonyl (C=O) groups is 2. The van der Waals surface area contributed by atoms with Crippen molar-refractivity contribution in [3.63, 3.8) is 0 Å². The van der Waals surface area contributed by atoms with E-state index in [1.807, 2.05) is 0 Å². The van der Waals surface area contributed by atoms with E-state index in [9.17, 15) is 18.0 Å². The second-order valence-corrected chi connectivity index (χ2v) is 10.8. The molecule has 9 nitrogen and oxygen atoms in total. The molecule has 1 atom stereocenters. The fraction of sp³-hybridized carbons (Fsp3) is 0.391. The maximum atomic E-state index is 13.6. The zero-order valence-corrected chi connectivity index (χ0v) is 21.9. The largest absolute Gasteiger partial charge is 0.454 e. The highest BCUT2D eigenvalue weighted by atomic mass is 35.5. The molecule has 0 aliphatic carbocycles. The first-order valence-corrected chi connectivity index (χ1v) is 13.3. The van der Waals surface area contributed by atoms with Gasteiger partial charge in [0.05, 0.1) is 21.5 Å². The van der Waals surface area contributed by atoms with E-state index in [-0.39, 0.29) is 30.7 Å². The molecule has 1 aliphatic heterocycles. The Hall–Kier alpha value is -2.69. The predicted molar refractivity (Wildman–Crippen MR) is 135 cm³/mol. The van der Waals surface area contributed by atoms with Gasteiger partial charge in [0.15, 0.2) is 11.5 Å². The Kier molecular flexibility index (Phi) is 8.74. The van der Waals surface area contributed by atoms with Crippen LogP contribution in [-0.2, 0) is 26.2 Å². The molecule has 0 saturated carbocycles. The lowest BCUT2D eigenvalue weighted by atomic mass is 10.1. The average Bonchev–Trinajstić information content (AvgIpc) is 3.30. The Bertz CT molecular complexity index is 1210. The van der Waals surface area contributed by atoms with Crippen molar-refractivity contribution in [3.05, 3.63) is 52.0 Å². The molecule has 2 amide bonds. The molecule has 1 heterocycles. The summed E-state index contributed by atoms with van der Waals surface area (Å²) in [5, 5.41) is 3.36. The smallest absolute Gasteiger partial charge is 0.244 e. The highest BCUT2D eigenvalue weighted by Crippen LogP contribution is 2.36. The number of fused-ring (bicyclic) bond motifs is 1. The van der Waals surface area contributed by atoms with Gasteiger partial charge in [0.2, 0.25) is 28.6 Å². The van der Waals surface area contributed by atoms with Gasteiger partial charge in [0, 0.05) is 19.2 Å². The number of anilines is 1. The number of benzene rings is 2. The molecule has 0 bridgehead atoms. The minimum atomic E-state index is -3.85. The van der Waals surface area contributed by atoms with Crippen LogP contribution in [0, 0.1) is 0 Å². The van der Waals surface area contributed by atoms with Crippen molar-refractivity contribution < 1.29 is 27.5 Å². The maximum absolute atomic E-state index is 13.6. The van der Waals surface area contributed by atoms with Gasteiger partial charge in [-0.05, 0) is 50.6 Å². The van der Waals surface area contributed by atoms with Gasteiger partial charge >= 0.3 is 0 Å². The van der Waals surface area contributed by atoms with Crippen molar-refractivity contribution in [2.24, 2.45) is 0 Å². The number of sulfonamides is 1. The van der Waals surface area contributed by atoms with Crippen LogP contribution in [-0.4, -0.2) is 56.8 Å². The third kappa shape index (κ3) is 6.31. The van der Waals surface area contributed by atoms with Crippen LogP contribution in [0.15, 0.2) is 36.4 Å². The maximum Gasteiger partial charge on any atom is 0.244 e. The second-order valence-electron chi connectivity index (χ2n) is 7.79. The van der Waals surface area contributed by atoms with Crippen molar-refractivity contribution in [1.82, 2.24) is 10.2 Å². The van der Waals surface area contributed by atoms with Gasteiger partial charge < -0.3 is 19.7 Å². The lowest BCUT2D eigenvalue weighted by Gasteiger charge is -2.32. The third-order valence-electron chi connectivity index (χ3n) is 5.48. The molecular formula is C23H27Cl2N3O6S. The quantitative estimate of drug-likeness (QED) is 0.492. The molecule has 35 heavy (non-hydrogen) atoms. The van der Waals surface area contributed by atoms with Crippen molar-refractivity contribution in [2.45, 2.75) is 33.4 Å². The molecule has 1 N–H and O–H groups in total. The van der Waals surface area contributed by atoms with Crippen molar-refractivity contribution in [1.29, 1.82) is 0 Å². The first-order valence-electron chi connectivity index (χ1n) is 11.0. The summed E-state index contributed by atoms with van der Waals surface area (Å²) in [4.78, 5) is 27.5. The van der Waals surface area contributed by atoms with E-state index in [2.05, 4.69) is 5.32 Å². The highest BCUT2D eigenvalue weighted by molar-refractivity contribution is 7.92. The van der Waals surface area contributed by atoms with E-state index in [0.29, 0.717) is 33.7 Å². The van der Waals surface area contributed by atoms with Gasteiger partial charge in [0.25, 0.3) is 0 Å². The normalized spacial score (nSPS) is 13.3. The van der Waals surface area contributed by atoms with Gasteiger partial charge in [0.1, 0.15) is 12.6 Å². The number of likely N-dealkylation sites (N-methyl/N-ethyl adjacent to an activating group) is 1. The van der Waals surface area contributed by atoms with Crippen LogP contribution in [0.2, 0.25) is 10.0 Å². The third-order valence-corrected chi connectivity index (χ3v) is 7.96. The molecule has 0 saturated heterocycles. The summed E-state index contributed by atoms with van der Waals surface area (Å²) in [6, 6.07) is 8.66. The summed E-state index contributed by atoms with van der Waals surface area (Å²) in [6.45, 7) is 4.76. The Labute approximate surface area is 214 Å². The van der Waals surface area contributed by atoms with Crippen molar-refractivity contribution in [2.75, 3.05) is 29.9 Å². The Morgan fingerprint density at radius 1 is 1.06 bits per heavy atom. The Morgan fingerprint density at radius 3 is 2.43 bits per heavy atom. The topological polar surface area (TPSA) is 105 Å². The van der Waals surface area contributed by atoms with E-state index in [0.717, 1.165) is 4.31 Å². The van der Waals surface area contributed by atoms with Crippen molar-refractivity contribution >= 4 is 50.7 Å². The molecular weight excluding hydrogens is 517 g/mol. The van der Waals surface area contributed by atoms with Crippen LogP contribution in [0.5, 0.6) is 11.5 Å². The van der Waals surface area contributed by atoms with Crippen LogP contribution in [0.1, 0.15) is 26.3 Å². The minimum Gasteiger partial charge on any atom is -0.454 e. The number of nitrogens with zero attached hydrogens (tertiary/aromatic N) is 2. The SMILES string of the molecule is CCNC(=O)C(C)N(Cc1ccc(Cl)c(Cl)c1)C(=O)CN(c1ccc2c(c1)OCO2)S(=O)(=O)CC. The van der Waals surface area contributed by atoms with E-state index < -0.39 is 28.5 Å². The molecule has 0 fully saturated rings. The molecule has 1 aliphatic rings. The predicted octanol–water partition coefficient (Wildman–Crippen LogP) is 3.43. The van der Waals surface area contributed by atoms with Crippen molar-refractivity contribution in [3.8, 4) is 11.5 Å². The number of nitrogens with one attached hydrogen (secondary N) is 1. The summed E-state index contributed by atoms with van der Waals surface area (Å²) in [5.41, 5.74) is 0.890. The summed E-state index contributed by atoms with van der Waals surface area (Å²) in [6.07, 6.45) is 0. The molecule has 2 aromatic carbocycles. The second kappa shape index (κ2) is 11.4. The van der Waals surface area contributed by atoms with E-state index in [1.54, 1.807) is 44.2 Å². The van der Waals surface area contributed by atoms with E-state index in [1.165, 1.54) is 17.9 Å². The molecule has 0 aromatic heterocycles. The van der Waals surface area contributed by atoms with Crippen LogP contribution in [0.4, 0.5) is 5.69 Å². The fourth-order valence-corrected chi connectivity index (χ4v) is 4.87. The fourth-order valence-electron chi connectivity index (χ4n) is 3.50. The molecule has 12 heteroatoms. The van der Waals surface area contributed by atoms with Gasteiger partial charge in [-0.2, -0.15) is 0 Å². The van der Waals surface area contributed by atoms with Gasteiger partial charge in [-0.25, -0.2) is 8.42 Å². The van der Waals surface area contributed by atoms with Crippen LogP contribution < -0.4 is 19.1 Å². The average molecular weight is 544 g/mol.